The van der Waals surface area contributed by atoms with Gasteiger partial charge in [0, 0.05) is 24.1 Å². The van der Waals surface area contributed by atoms with Crippen LogP contribution < -0.4 is 0 Å². The maximum absolute atomic E-state index is 12.8. The SMILES string of the molecule is N#Cc1nccn1-c1ccc([N+](=O)[O-])c(C(F)(F)F)c1. The van der Waals surface area contributed by atoms with Crippen molar-refractivity contribution < 1.29 is 18.1 Å². The minimum atomic E-state index is -4.87. The molecule has 2 aromatic rings. The molecule has 0 aliphatic heterocycles. The molecule has 0 aliphatic rings. The van der Waals surface area contributed by atoms with Crippen LogP contribution in [-0.4, -0.2) is 14.5 Å². The molecule has 0 unspecified atom stereocenters. The van der Waals surface area contributed by atoms with Crippen LogP contribution in [0.25, 0.3) is 5.69 Å². The van der Waals surface area contributed by atoms with Crippen molar-refractivity contribution in [2.75, 3.05) is 0 Å². The second-order valence-corrected chi connectivity index (χ2v) is 3.69. The Balaban J connectivity index is 2.65. The molecular formula is C11H5F3N4O2. The predicted octanol–water partition coefficient (Wildman–Crippen LogP) is 2.67. The Kier molecular flexibility index (Phi) is 3.15. The van der Waals surface area contributed by atoms with Gasteiger partial charge in [-0.2, -0.15) is 18.4 Å². The van der Waals surface area contributed by atoms with E-state index < -0.39 is 22.4 Å². The first kappa shape index (κ1) is 13.5. The third kappa shape index (κ3) is 2.31. The van der Waals surface area contributed by atoms with Crippen LogP contribution in [0.4, 0.5) is 18.9 Å². The highest BCUT2D eigenvalue weighted by molar-refractivity contribution is 5.50. The van der Waals surface area contributed by atoms with Crippen LogP contribution in [0.3, 0.4) is 0 Å². The van der Waals surface area contributed by atoms with Gasteiger partial charge in [-0.1, -0.05) is 0 Å². The van der Waals surface area contributed by atoms with Gasteiger partial charge >= 0.3 is 6.18 Å². The highest BCUT2D eigenvalue weighted by atomic mass is 19.4. The van der Waals surface area contributed by atoms with Crippen molar-refractivity contribution in [1.29, 1.82) is 5.26 Å². The summed E-state index contributed by atoms with van der Waals surface area (Å²) in [6, 6.07) is 4.19. The monoisotopic (exact) mass is 282 g/mol. The zero-order chi connectivity index (χ0) is 14.9. The van der Waals surface area contributed by atoms with Gasteiger partial charge in [0.25, 0.3) is 5.69 Å². The number of hydrogen-bond acceptors (Lipinski definition) is 4. The van der Waals surface area contributed by atoms with Gasteiger partial charge in [0.05, 0.1) is 4.92 Å². The number of rotatable bonds is 2. The number of nitrogens with zero attached hydrogens (tertiary/aromatic N) is 4. The standard InChI is InChI=1S/C11H5F3N4O2/c12-11(13,14)8-5-7(1-2-9(8)18(19)20)17-4-3-16-10(17)6-15/h1-5H. The van der Waals surface area contributed by atoms with Gasteiger partial charge in [-0.3, -0.25) is 14.7 Å². The Bertz CT molecular complexity index is 715. The summed E-state index contributed by atoms with van der Waals surface area (Å²) in [5, 5.41) is 19.4. The number of alkyl halides is 3. The molecule has 0 fully saturated rings. The second kappa shape index (κ2) is 4.65. The van der Waals surface area contributed by atoms with Gasteiger partial charge in [0.2, 0.25) is 5.82 Å². The number of halogens is 3. The van der Waals surface area contributed by atoms with Crippen LogP contribution in [-0.2, 0) is 6.18 Å². The zero-order valence-corrected chi connectivity index (χ0v) is 9.63. The molecule has 0 saturated heterocycles. The summed E-state index contributed by atoms with van der Waals surface area (Å²) < 4.78 is 39.6. The number of benzene rings is 1. The van der Waals surface area contributed by atoms with Crippen LogP contribution in [0.5, 0.6) is 0 Å². The minimum Gasteiger partial charge on any atom is -0.291 e. The van der Waals surface area contributed by atoms with Crippen molar-refractivity contribution >= 4 is 5.69 Å². The van der Waals surface area contributed by atoms with Gasteiger partial charge in [0.15, 0.2) is 0 Å². The van der Waals surface area contributed by atoms with Crippen LogP contribution >= 0.6 is 0 Å². The van der Waals surface area contributed by atoms with E-state index in [1.165, 1.54) is 12.4 Å². The molecule has 0 bridgehead atoms. The number of nitro benzene ring substituents is 1. The van der Waals surface area contributed by atoms with E-state index >= 15 is 0 Å². The molecular weight excluding hydrogens is 277 g/mol. The van der Waals surface area contributed by atoms with Crippen LogP contribution in [0.1, 0.15) is 11.4 Å². The van der Waals surface area contributed by atoms with Crippen LogP contribution in [0.15, 0.2) is 30.6 Å². The molecule has 102 valence electrons. The first-order valence-electron chi connectivity index (χ1n) is 5.14. The van der Waals surface area contributed by atoms with E-state index in [2.05, 4.69) is 4.98 Å². The van der Waals surface area contributed by atoms with E-state index in [1.54, 1.807) is 6.07 Å². The Morgan fingerprint density at radius 1 is 1.40 bits per heavy atom. The third-order valence-corrected chi connectivity index (χ3v) is 2.50. The first-order valence-corrected chi connectivity index (χ1v) is 5.14. The quantitative estimate of drug-likeness (QED) is 0.626. The molecule has 1 aromatic heterocycles. The molecule has 0 atom stereocenters. The van der Waals surface area contributed by atoms with Crippen LogP contribution in [0.2, 0.25) is 0 Å². The smallest absolute Gasteiger partial charge is 0.291 e. The second-order valence-electron chi connectivity index (χ2n) is 3.69. The number of nitro groups is 1. The van der Waals surface area contributed by atoms with E-state index in [0.717, 1.165) is 16.7 Å². The first-order chi connectivity index (χ1) is 9.34. The van der Waals surface area contributed by atoms with E-state index in [-0.39, 0.29) is 11.5 Å². The lowest BCUT2D eigenvalue weighted by Gasteiger charge is -2.10. The summed E-state index contributed by atoms with van der Waals surface area (Å²) in [7, 11) is 0. The van der Waals surface area contributed by atoms with Gasteiger partial charge in [0.1, 0.15) is 11.6 Å². The molecule has 2 rings (SSSR count). The third-order valence-electron chi connectivity index (χ3n) is 2.50. The van der Waals surface area contributed by atoms with Gasteiger partial charge in [-0.05, 0) is 12.1 Å². The summed E-state index contributed by atoms with van der Waals surface area (Å²) >= 11 is 0. The van der Waals surface area contributed by atoms with Crippen molar-refractivity contribution in [2.45, 2.75) is 6.18 Å². The topological polar surface area (TPSA) is 84.8 Å². The molecule has 1 aromatic carbocycles. The van der Waals surface area contributed by atoms with Crippen LogP contribution in [0, 0.1) is 21.4 Å². The summed E-state index contributed by atoms with van der Waals surface area (Å²) in [6.07, 6.45) is -2.33. The number of aromatic nitrogens is 2. The van der Waals surface area contributed by atoms with Crippen molar-refractivity contribution in [3.8, 4) is 11.8 Å². The van der Waals surface area contributed by atoms with Crippen molar-refractivity contribution in [3.05, 3.63) is 52.1 Å². The van der Waals surface area contributed by atoms with E-state index in [0.29, 0.717) is 6.07 Å². The molecule has 9 heteroatoms. The summed E-state index contributed by atoms with van der Waals surface area (Å²) in [4.78, 5) is 13.2. The lowest BCUT2D eigenvalue weighted by atomic mass is 10.1. The number of imidazole rings is 1. The number of hydrogen-bond donors (Lipinski definition) is 0. The molecule has 0 N–H and O–H groups in total. The average Bonchev–Trinajstić information content (AvgIpc) is 2.85. The highest BCUT2D eigenvalue weighted by Crippen LogP contribution is 2.37. The largest absolute Gasteiger partial charge is 0.423 e. The normalized spacial score (nSPS) is 11.1. The molecule has 1 heterocycles. The van der Waals surface area contributed by atoms with Gasteiger partial charge in [-0.15, -0.1) is 0 Å². The lowest BCUT2D eigenvalue weighted by molar-refractivity contribution is -0.388. The van der Waals surface area contributed by atoms with Crippen molar-refractivity contribution in [3.63, 3.8) is 0 Å². The van der Waals surface area contributed by atoms with E-state index in [1.807, 2.05) is 0 Å². The molecule has 6 nitrogen and oxygen atoms in total. The Labute approximate surface area is 109 Å². The maximum atomic E-state index is 12.8. The summed E-state index contributed by atoms with van der Waals surface area (Å²) in [6.45, 7) is 0. The van der Waals surface area contributed by atoms with E-state index in [9.17, 15) is 23.3 Å². The van der Waals surface area contributed by atoms with Crippen molar-refractivity contribution in [1.82, 2.24) is 9.55 Å². The Morgan fingerprint density at radius 3 is 2.65 bits per heavy atom. The molecule has 0 spiro atoms. The zero-order valence-electron chi connectivity index (χ0n) is 9.63. The van der Waals surface area contributed by atoms with Gasteiger partial charge in [-0.25, -0.2) is 4.98 Å². The fraction of sp³-hybridized carbons (Fsp3) is 0.0909. The fourth-order valence-electron chi connectivity index (χ4n) is 1.65. The average molecular weight is 282 g/mol. The number of nitriles is 1. The Morgan fingerprint density at radius 2 is 2.10 bits per heavy atom. The van der Waals surface area contributed by atoms with Crippen molar-refractivity contribution in [2.24, 2.45) is 0 Å². The Hall–Kier alpha value is -2.89. The van der Waals surface area contributed by atoms with Gasteiger partial charge < -0.3 is 0 Å². The summed E-state index contributed by atoms with van der Waals surface area (Å²) in [5.41, 5.74) is -2.45. The lowest BCUT2D eigenvalue weighted by Crippen LogP contribution is -2.10. The van der Waals surface area contributed by atoms with E-state index in [4.69, 9.17) is 5.26 Å². The molecule has 0 saturated carbocycles. The minimum absolute atomic E-state index is 0.0306. The summed E-state index contributed by atoms with van der Waals surface area (Å²) in [5.74, 6) is -0.119. The maximum Gasteiger partial charge on any atom is 0.423 e. The highest BCUT2D eigenvalue weighted by Gasteiger charge is 2.38. The predicted molar refractivity (Wildman–Crippen MR) is 59.9 cm³/mol. The molecule has 0 amide bonds. The molecule has 20 heavy (non-hydrogen) atoms. The molecule has 0 aliphatic carbocycles. The fourth-order valence-corrected chi connectivity index (χ4v) is 1.65. The molecule has 0 radical (unpaired) electrons.